The maximum atomic E-state index is 6.10. The zero-order chi connectivity index (χ0) is 21.1. The van der Waals surface area contributed by atoms with E-state index in [0.29, 0.717) is 10.1 Å². The monoisotopic (exact) mass is 449 g/mol. The van der Waals surface area contributed by atoms with Crippen LogP contribution >= 0.6 is 31.0 Å². The van der Waals surface area contributed by atoms with Gasteiger partial charge in [0.1, 0.15) is 0 Å². The second-order valence-corrected chi connectivity index (χ2v) is 12.8. The summed E-state index contributed by atoms with van der Waals surface area (Å²) in [6, 6.07) is 16.4. The molecule has 1 fully saturated rings. The summed E-state index contributed by atoms with van der Waals surface area (Å²) >= 11 is 11.9. The van der Waals surface area contributed by atoms with Crippen molar-refractivity contribution in [2.45, 2.75) is 32.9 Å². The Bertz CT molecular complexity index is 921. The molecule has 3 rings (SSSR count). The van der Waals surface area contributed by atoms with Crippen molar-refractivity contribution in [2.24, 2.45) is 4.74 Å². The minimum absolute atomic E-state index is 0.0908. The van der Waals surface area contributed by atoms with E-state index in [1.165, 1.54) is 5.30 Å². The highest BCUT2D eigenvalue weighted by molar-refractivity contribution is 7.82. The van der Waals surface area contributed by atoms with E-state index in [-0.39, 0.29) is 5.16 Å². The predicted molar refractivity (Wildman–Crippen MR) is 130 cm³/mol. The number of aryl methyl sites for hydroxylation is 1. The van der Waals surface area contributed by atoms with Crippen molar-refractivity contribution in [3.8, 4) is 0 Å². The summed E-state index contributed by atoms with van der Waals surface area (Å²) in [5.41, 5.74) is 1.98. The Labute approximate surface area is 184 Å². The normalized spacial score (nSPS) is 17.4. The number of rotatable bonds is 3. The first-order valence-electron chi connectivity index (χ1n) is 9.82. The minimum atomic E-state index is -2.18. The summed E-state index contributed by atoms with van der Waals surface area (Å²) in [5.74, 6) is 0. The number of ether oxygens (including phenoxy) is 1. The van der Waals surface area contributed by atoms with Crippen LogP contribution in [0.4, 0.5) is 5.69 Å². The number of benzene rings is 2. The van der Waals surface area contributed by atoms with Gasteiger partial charge in [-0.3, -0.25) is 4.67 Å². The summed E-state index contributed by atoms with van der Waals surface area (Å²) < 4.78 is 13.5. The molecule has 2 aromatic carbocycles. The van der Waals surface area contributed by atoms with E-state index in [9.17, 15) is 0 Å². The molecule has 1 saturated heterocycles. The highest BCUT2D eigenvalue weighted by atomic mass is 35.5. The number of morpholine rings is 1. The molecule has 1 heterocycles. The number of thiocarbonyl (C=S) groups is 1. The Hall–Kier alpha value is -1.23. The van der Waals surface area contributed by atoms with Crippen LogP contribution in [-0.4, -0.2) is 41.2 Å². The molecule has 1 N–H and O–H groups in total. The standard InChI is InChI=1S/C22H29ClN3OPS/c1-17-16-18(23)10-11-20(17)24-21(29)25-28(22(2,3)4,19-8-6-5-7-9-19)26-12-14-27-15-13-26/h5-11,16H,12-15H2,1-4H3,(H,24,29). The number of hydrogen-bond donors (Lipinski definition) is 1. The second-order valence-electron chi connectivity index (χ2n) is 8.16. The molecule has 0 saturated carbocycles. The summed E-state index contributed by atoms with van der Waals surface area (Å²) in [6.45, 7) is 12.0. The molecule has 29 heavy (non-hydrogen) atoms. The zero-order valence-corrected chi connectivity index (χ0v) is 20.0. The molecule has 0 amide bonds. The van der Waals surface area contributed by atoms with Crippen molar-refractivity contribution in [3.63, 3.8) is 0 Å². The zero-order valence-electron chi connectivity index (χ0n) is 17.5. The van der Waals surface area contributed by atoms with Crippen molar-refractivity contribution in [1.29, 1.82) is 0 Å². The lowest BCUT2D eigenvalue weighted by Crippen LogP contribution is -2.43. The van der Waals surface area contributed by atoms with Crippen molar-refractivity contribution in [1.82, 2.24) is 4.67 Å². The van der Waals surface area contributed by atoms with Crippen LogP contribution < -0.4 is 10.6 Å². The third-order valence-corrected chi connectivity index (χ3v) is 10.3. The number of hydrogen-bond acceptors (Lipinski definition) is 2. The highest BCUT2D eigenvalue weighted by Crippen LogP contribution is 2.62. The van der Waals surface area contributed by atoms with Gasteiger partial charge in [-0.15, -0.1) is 0 Å². The Morgan fingerprint density at radius 3 is 2.38 bits per heavy atom. The molecule has 0 spiro atoms. The Kier molecular flexibility index (Phi) is 7.19. The average Bonchev–Trinajstić information content (AvgIpc) is 2.69. The molecular formula is C22H29ClN3OPS. The highest BCUT2D eigenvalue weighted by Gasteiger charge is 2.42. The molecule has 156 valence electrons. The average molecular weight is 450 g/mol. The first kappa shape index (κ1) is 22.5. The topological polar surface area (TPSA) is 36.9 Å². The van der Waals surface area contributed by atoms with Gasteiger partial charge >= 0.3 is 0 Å². The van der Waals surface area contributed by atoms with Gasteiger partial charge in [0, 0.05) is 34.3 Å². The van der Waals surface area contributed by atoms with E-state index in [1.54, 1.807) is 0 Å². The number of anilines is 1. The van der Waals surface area contributed by atoms with Crippen molar-refractivity contribution < 1.29 is 4.74 Å². The van der Waals surface area contributed by atoms with Gasteiger partial charge in [-0.05, 0) is 42.9 Å². The van der Waals surface area contributed by atoms with Gasteiger partial charge in [0.25, 0.3) is 0 Å². The molecular weight excluding hydrogens is 421 g/mol. The molecule has 1 aliphatic heterocycles. The lowest BCUT2D eigenvalue weighted by molar-refractivity contribution is 0.0738. The molecule has 4 nitrogen and oxygen atoms in total. The van der Waals surface area contributed by atoms with Gasteiger partial charge in [0.15, 0.2) is 5.11 Å². The fourth-order valence-electron chi connectivity index (χ4n) is 3.76. The fourth-order valence-corrected chi connectivity index (χ4v) is 8.59. The van der Waals surface area contributed by atoms with Crippen LogP contribution in [-0.2, 0) is 4.74 Å². The van der Waals surface area contributed by atoms with Crippen LogP contribution in [0.2, 0.25) is 5.02 Å². The third-order valence-electron chi connectivity index (χ3n) is 5.11. The van der Waals surface area contributed by atoms with Gasteiger partial charge in [-0.1, -0.05) is 62.7 Å². The van der Waals surface area contributed by atoms with Gasteiger partial charge < -0.3 is 10.1 Å². The Morgan fingerprint density at radius 2 is 1.79 bits per heavy atom. The molecule has 1 atom stereocenters. The third kappa shape index (κ3) is 4.92. The minimum Gasteiger partial charge on any atom is -0.379 e. The van der Waals surface area contributed by atoms with Crippen molar-refractivity contribution in [2.75, 3.05) is 31.6 Å². The summed E-state index contributed by atoms with van der Waals surface area (Å²) in [5, 5.41) is 5.72. The Balaban J connectivity index is 2.11. The summed E-state index contributed by atoms with van der Waals surface area (Å²) in [6.07, 6.45) is 0. The fraction of sp³-hybridized carbons (Fsp3) is 0.409. The van der Waals surface area contributed by atoms with Crippen molar-refractivity contribution in [3.05, 3.63) is 59.1 Å². The largest absolute Gasteiger partial charge is 0.379 e. The lowest BCUT2D eigenvalue weighted by atomic mass is 10.2. The van der Waals surface area contributed by atoms with Crippen molar-refractivity contribution >= 4 is 47.1 Å². The molecule has 0 aliphatic carbocycles. The lowest BCUT2D eigenvalue weighted by Gasteiger charge is -2.46. The molecule has 0 bridgehead atoms. The predicted octanol–water partition coefficient (Wildman–Crippen LogP) is 5.92. The first-order chi connectivity index (χ1) is 13.7. The van der Waals surface area contributed by atoms with E-state index in [0.717, 1.165) is 37.6 Å². The molecule has 2 aromatic rings. The van der Waals surface area contributed by atoms with Gasteiger partial charge in [-0.25, -0.2) is 4.74 Å². The van der Waals surface area contributed by atoms with E-state index in [2.05, 4.69) is 55.0 Å². The summed E-state index contributed by atoms with van der Waals surface area (Å²) in [7, 11) is -2.18. The quantitative estimate of drug-likeness (QED) is 0.466. The molecule has 0 aromatic heterocycles. The molecule has 0 radical (unpaired) electrons. The van der Waals surface area contributed by atoms with Crippen LogP contribution in [0, 0.1) is 6.92 Å². The van der Waals surface area contributed by atoms with E-state index < -0.39 is 7.21 Å². The van der Waals surface area contributed by atoms with Crippen LogP contribution in [0.5, 0.6) is 0 Å². The van der Waals surface area contributed by atoms with Crippen LogP contribution in [0.1, 0.15) is 26.3 Å². The van der Waals surface area contributed by atoms with E-state index in [4.69, 9.17) is 33.3 Å². The smallest absolute Gasteiger partial charge is 0.197 e. The maximum absolute atomic E-state index is 6.10. The SMILES string of the molecule is Cc1cc(Cl)ccc1NC(=S)N=P(c1ccccc1)(N1CCOCC1)C(C)(C)C. The van der Waals surface area contributed by atoms with Gasteiger partial charge in [-0.2, -0.15) is 0 Å². The van der Waals surface area contributed by atoms with E-state index in [1.807, 2.05) is 31.2 Å². The summed E-state index contributed by atoms with van der Waals surface area (Å²) in [4.78, 5) is 0. The van der Waals surface area contributed by atoms with Gasteiger partial charge in [0.05, 0.1) is 20.4 Å². The first-order valence-corrected chi connectivity index (χ1v) is 12.3. The molecule has 1 unspecified atom stereocenters. The van der Waals surface area contributed by atoms with Crippen LogP contribution in [0.3, 0.4) is 0 Å². The van der Waals surface area contributed by atoms with E-state index >= 15 is 0 Å². The van der Waals surface area contributed by atoms with Crippen LogP contribution in [0.25, 0.3) is 0 Å². The second kappa shape index (κ2) is 9.28. The number of nitrogens with one attached hydrogen (secondary N) is 1. The molecule has 1 aliphatic rings. The number of nitrogens with zero attached hydrogens (tertiary/aromatic N) is 2. The maximum Gasteiger partial charge on any atom is 0.197 e. The van der Waals surface area contributed by atoms with Gasteiger partial charge in [0.2, 0.25) is 0 Å². The van der Waals surface area contributed by atoms with Crippen LogP contribution in [0.15, 0.2) is 53.3 Å². The Morgan fingerprint density at radius 1 is 1.14 bits per heavy atom. The molecule has 7 heteroatoms. The number of halogens is 1.